The van der Waals surface area contributed by atoms with Crippen molar-refractivity contribution in [2.75, 3.05) is 20.3 Å². The Balaban J connectivity index is 2.41. The number of aliphatic hydroxyl groups is 1. The third-order valence-electron chi connectivity index (χ3n) is 3.41. The molecule has 0 aliphatic heterocycles. The highest BCUT2D eigenvalue weighted by atomic mass is 16.5. The Kier molecular flexibility index (Phi) is 5.55. The highest BCUT2D eigenvalue weighted by molar-refractivity contribution is 5.85. The number of carbonyl (C=O) groups excluding carboxylic acids is 1. The number of amides is 1. The lowest BCUT2D eigenvalue weighted by molar-refractivity contribution is -0.151. The molecule has 1 fully saturated rings. The van der Waals surface area contributed by atoms with Gasteiger partial charge in [-0.2, -0.15) is 0 Å². The van der Waals surface area contributed by atoms with Gasteiger partial charge in [-0.05, 0) is 12.8 Å². The Hall–Kier alpha value is -1.14. The van der Waals surface area contributed by atoms with Crippen LogP contribution in [0.4, 0.5) is 0 Å². The Morgan fingerprint density at radius 3 is 2.50 bits per heavy atom. The fourth-order valence-electron chi connectivity index (χ4n) is 2.37. The maximum absolute atomic E-state index is 11.7. The largest absolute Gasteiger partial charge is 0.481 e. The first-order chi connectivity index (χ1) is 8.50. The van der Waals surface area contributed by atoms with Crippen molar-refractivity contribution in [3.63, 3.8) is 0 Å². The van der Waals surface area contributed by atoms with Crippen LogP contribution < -0.4 is 5.32 Å². The highest BCUT2D eigenvalue weighted by Crippen LogP contribution is 2.41. The number of ether oxygens (including phenoxy) is 1. The SMILES string of the molecule is COCC(O)CNC(=O)CC1(C(=O)O)CCCC1. The van der Waals surface area contributed by atoms with Crippen LogP contribution in [0.15, 0.2) is 0 Å². The monoisotopic (exact) mass is 259 g/mol. The second kappa shape index (κ2) is 6.70. The zero-order valence-electron chi connectivity index (χ0n) is 10.6. The second-order valence-electron chi connectivity index (χ2n) is 4.88. The minimum atomic E-state index is -0.906. The van der Waals surface area contributed by atoms with E-state index in [1.807, 2.05) is 0 Å². The van der Waals surface area contributed by atoms with Crippen molar-refractivity contribution in [1.82, 2.24) is 5.32 Å². The molecule has 0 heterocycles. The molecule has 1 aliphatic carbocycles. The molecule has 3 N–H and O–H groups in total. The van der Waals surface area contributed by atoms with E-state index in [2.05, 4.69) is 5.32 Å². The molecule has 1 unspecified atom stereocenters. The summed E-state index contributed by atoms with van der Waals surface area (Å²) in [6.45, 7) is 0.229. The Labute approximate surface area is 106 Å². The lowest BCUT2D eigenvalue weighted by Gasteiger charge is -2.23. The van der Waals surface area contributed by atoms with Crippen LogP contribution in [0.5, 0.6) is 0 Å². The summed E-state index contributed by atoms with van der Waals surface area (Å²) >= 11 is 0. The molecule has 1 saturated carbocycles. The lowest BCUT2D eigenvalue weighted by Crippen LogP contribution is -2.39. The molecular formula is C12H21NO5. The van der Waals surface area contributed by atoms with Gasteiger partial charge in [0.25, 0.3) is 0 Å². The smallest absolute Gasteiger partial charge is 0.310 e. The summed E-state index contributed by atoms with van der Waals surface area (Å²) in [4.78, 5) is 22.9. The number of methoxy groups -OCH3 is 1. The van der Waals surface area contributed by atoms with E-state index < -0.39 is 17.5 Å². The Bertz CT molecular complexity index is 299. The average molecular weight is 259 g/mol. The van der Waals surface area contributed by atoms with Crippen molar-refractivity contribution < 1.29 is 24.5 Å². The maximum atomic E-state index is 11.7. The summed E-state index contributed by atoms with van der Waals surface area (Å²) in [5.74, 6) is -1.22. The summed E-state index contributed by atoms with van der Waals surface area (Å²) in [5.41, 5.74) is -0.906. The van der Waals surface area contributed by atoms with Crippen molar-refractivity contribution in [2.24, 2.45) is 5.41 Å². The molecule has 1 amide bonds. The predicted molar refractivity (Wildman–Crippen MR) is 64.0 cm³/mol. The molecule has 0 saturated heterocycles. The molecule has 0 aromatic rings. The molecule has 0 spiro atoms. The van der Waals surface area contributed by atoms with Crippen LogP contribution in [0.3, 0.4) is 0 Å². The second-order valence-corrected chi connectivity index (χ2v) is 4.88. The van der Waals surface area contributed by atoms with Crippen molar-refractivity contribution in [1.29, 1.82) is 0 Å². The maximum Gasteiger partial charge on any atom is 0.310 e. The first kappa shape index (κ1) is 14.9. The predicted octanol–water partition coefficient (Wildman–Crippen LogP) is 0.145. The first-order valence-electron chi connectivity index (χ1n) is 6.17. The van der Waals surface area contributed by atoms with E-state index in [0.717, 1.165) is 12.8 Å². The summed E-state index contributed by atoms with van der Waals surface area (Å²) in [6.07, 6.45) is 2.04. The van der Waals surface area contributed by atoms with Gasteiger partial charge in [0.15, 0.2) is 0 Å². The van der Waals surface area contributed by atoms with E-state index >= 15 is 0 Å². The number of carboxylic acids is 1. The molecule has 1 atom stereocenters. The van der Waals surface area contributed by atoms with Gasteiger partial charge in [-0.1, -0.05) is 12.8 Å². The molecule has 6 nitrogen and oxygen atoms in total. The first-order valence-corrected chi connectivity index (χ1v) is 6.17. The topological polar surface area (TPSA) is 95.9 Å². The number of hydrogen-bond donors (Lipinski definition) is 3. The number of carbonyl (C=O) groups is 2. The van der Waals surface area contributed by atoms with Gasteiger partial charge in [-0.3, -0.25) is 9.59 Å². The van der Waals surface area contributed by atoms with Gasteiger partial charge in [0, 0.05) is 20.1 Å². The molecule has 0 aromatic heterocycles. The number of aliphatic hydroxyl groups excluding tert-OH is 1. The summed E-state index contributed by atoms with van der Waals surface area (Å²) in [7, 11) is 1.46. The van der Waals surface area contributed by atoms with Crippen LogP contribution in [0.1, 0.15) is 32.1 Å². The van der Waals surface area contributed by atoms with Crippen LogP contribution in [0, 0.1) is 5.41 Å². The quantitative estimate of drug-likeness (QED) is 0.604. The fourth-order valence-corrected chi connectivity index (χ4v) is 2.37. The van der Waals surface area contributed by atoms with Gasteiger partial charge in [0.2, 0.25) is 5.91 Å². The van der Waals surface area contributed by atoms with E-state index in [1.165, 1.54) is 7.11 Å². The number of rotatable bonds is 7. The molecule has 1 rings (SSSR count). The van der Waals surface area contributed by atoms with Gasteiger partial charge in [-0.15, -0.1) is 0 Å². The molecular weight excluding hydrogens is 238 g/mol. The third kappa shape index (κ3) is 3.96. The van der Waals surface area contributed by atoms with Gasteiger partial charge >= 0.3 is 5.97 Å². The van der Waals surface area contributed by atoms with Crippen LogP contribution in [0.25, 0.3) is 0 Å². The zero-order chi connectivity index (χ0) is 13.6. The summed E-state index contributed by atoms with van der Waals surface area (Å²) in [6, 6.07) is 0. The molecule has 104 valence electrons. The fraction of sp³-hybridized carbons (Fsp3) is 0.833. The lowest BCUT2D eigenvalue weighted by atomic mass is 9.82. The van der Waals surface area contributed by atoms with Crippen molar-refractivity contribution in [3.05, 3.63) is 0 Å². The summed E-state index contributed by atoms with van der Waals surface area (Å²) < 4.78 is 4.73. The van der Waals surface area contributed by atoms with Crippen LogP contribution in [-0.4, -0.2) is 48.5 Å². The van der Waals surface area contributed by atoms with Gasteiger partial charge < -0.3 is 20.3 Å². The minimum absolute atomic E-state index is 0.0119. The van der Waals surface area contributed by atoms with Crippen molar-refractivity contribution >= 4 is 11.9 Å². The van der Waals surface area contributed by atoms with E-state index in [9.17, 15) is 19.8 Å². The van der Waals surface area contributed by atoms with E-state index in [0.29, 0.717) is 12.8 Å². The minimum Gasteiger partial charge on any atom is -0.481 e. The molecule has 0 radical (unpaired) electrons. The van der Waals surface area contributed by atoms with Crippen LogP contribution in [0.2, 0.25) is 0 Å². The molecule has 18 heavy (non-hydrogen) atoms. The van der Waals surface area contributed by atoms with Gasteiger partial charge in [-0.25, -0.2) is 0 Å². The number of hydrogen-bond acceptors (Lipinski definition) is 4. The average Bonchev–Trinajstić information content (AvgIpc) is 2.77. The third-order valence-corrected chi connectivity index (χ3v) is 3.41. The van der Waals surface area contributed by atoms with Crippen molar-refractivity contribution in [2.45, 2.75) is 38.2 Å². The number of carboxylic acid groups (broad SMARTS) is 1. The summed E-state index contributed by atoms with van der Waals surface area (Å²) in [5, 5.41) is 21.1. The standard InChI is InChI=1S/C12H21NO5/c1-18-8-9(14)7-13-10(15)6-12(11(16)17)4-2-3-5-12/h9,14H,2-8H2,1H3,(H,13,15)(H,16,17). The zero-order valence-corrected chi connectivity index (χ0v) is 10.6. The van der Waals surface area contributed by atoms with E-state index in [4.69, 9.17) is 4.74 Å². The van der Waals surface area contributed by atoms with Crippen molar-refractivity contribution in [3.8, 4) is 0 Å². The Morgan fingerprint density at radius 1 is 1.39 bits per heavy atom. The molecule has 0 aromatic carbocycles. The highest BCUT2D eigenvalue weighted by Gasteiger charge is 2.42. The van der Waals surface area contributed by atoms with Crippen LogP contribution >= 0.6 is 0 Å². The molecule has 1 aliphatic rings. The van der Waals surface area contributed by atoms with Gasteiger partial charge in [0.1, 0.15) is 0 Å². The van der Waals surface area contributed by atoms with Crippen LogP contribution in [-0.2, 0) is 14.3 Å². The number of nitrogens with one attached hydrogen (secondary N) is 1. The normalized spacial score (nSPS) is 19.4. The molecule has 0 bridgehead atoms. The van der Waals surface area contributed by atoms with Gasteiger partial charge in [0.05, 0.1) is 18.1 Å². The number of aliphatic carboxylic acids is 1. The Morgan fingerprint density at radius 2 is 2.00 bits per heavy atom. The van der Waals surface area contributed by atoms with E-state index in [1.54, 1.807) is 0 Å². The van der Waals surface area contributed by atoms with E-state index in [-0.39, 0.29) is 25.5 Å². The molecule has 6 heteroatoms.